The Kier molecular flexibility index (Phi) is 4.03. The molecule has 0 spiro atoms. The topological polar surface area (TPSA) is 70.6 Å². The highest BCUT2D eigenvalue weighted by Gasteiger charge is 2.40. The smallest absolute Gasteiger partial charge is 0.255 e. The number of hydrogen-bond donors (Lipinski definition) is 1. The first kappa shape index (κ1) is 14.2. The van der Waals surface area contributed by atoms with Crippen molar-refractivity contribution in [3.05, 3.63) is 18.5 Å². The third-order valence-corrected chi connectivity index (χ3v) is 4.02. The van der Waals surface area contributed by atoms with E-state index in [4.69, 9.17) is 4.74 Å². The van der Waals surface area contributed by atoms with Crippen molar-refractivity contribution in [3.8, 4) is 0 Å². The zero-order valence-electron chi connectivity index (χ0n) is 12.3. The van der Waals surface area contributed by atoms with Crippen LogP contribution in [-0.4, -0.2) is 72.3 Å². The second kappa shape index (κ2) is 5.95. The maximum atomic E-state index is 12.6. The van der Waals surface area contributed by atoms with E-state index in [0.717, 1.165) is 25.6 Å². The Bertz CT molecular complexity index is 481. The van der Waals surface area contributed by atoms with Gasteiger partial charge in [-0.15, -0.1) is 0 Å². The van der Waals surface area contributed by atoms with Crippen molar-refractivity contribution >= 4 is 11.9 Å². The molecular formula is C14H21N5O2. The highest BCUT2D eigenvalue weighted by molar-refractivity contribution is 5.85. The van der Waals surface area contributed by atoms with Gasteiger partial charge in [-0.1, -0.05) is 0 Å². The lowest BCUT2D eigenvalue weighted by atomic mass is 10.0. The van der Waals surface area contributed by atoms with E-state index in [1.807, 2.05) is 11.8 Å². The molecule has 0 aliphatic carbocycles. The summed E-state index contributed by atoms with van der Waals surface area (Å²) in [6.45, 7) is 6.69. The third-order valence-electron chi connectivity index (χ3n) is 4.02. The molecule has 0 unspecified atom stereocenters. The molecule has 3 heterocycles. The number of aromatic nitrogens is 2. The fourth-order valence-corrected chi connectivity index (χ4v) is 2.76. The fraction of sp³-hybridized carbons (Fsp3) is 0.643. The maximum absolute atomic E-state index is 12.6. The molecule has 0 bridgehead atoms. The van der Waals surface area contributed by atoms with Gasteiger partial charge in [0.1, 0.15) is 0 Å². The van der Waals surface area contributed by atoms with Crippen LogP contribution in [0.25, 0.3) is 0 Å². The van der Waals surface area contributed by atoms with E-state index in [9.17, 15) is 4.79 Å². The van der Waals surface area contributed by atoms with Crippen LogP contribution in [0.2, 0.25) is 0 Å². The van der Waals surface area contributed by atoms with Gasteiger partial charge in [0.05, 0.1) is 6.61 Å². The molecule has 0 radical (unpaired) electrons. The van der Waals surface area contributed by atoms with Crippen molar-refractivity contribution < 1.29 is 9.53 Å². The summed E-state index contributed by atoms with van der Waals surface area (Å²) in [7, 11) is 0. The van der Waals surface area contributed by atoms with Crippen molar-refractivity contribution in [2.75, 3.05) is 50.8 Å². The van der Waals surface area contributed by atoms with Gasteiger partial charge < -0.3 is 19.9 Å². The van der Waals surface area contributed by atoms with Crippen LogP contribution < -0.4 is 10.2 Å². The van der Waals surface area contributed by atoms with Gasteiger partial charge in [-0.2, -0.15) is 0 Å². The summed E-state index contributed by atoms with van der Waals surface area (Å²) in [5, 5.41) is 3.23. The van der Waals surface area contributed by atoms with Gasteiger partial charge in [0.2, 0.25) is 5.95 Å². The Balaban J connectivity index is 1.59. The highest BCUT2D eigenvalue weighted by atomic mass is 16.5. The van der Waals surface area contributed by atoms with Crippen LogP contribution in [0, 0.1) is 0 Å². The van der Waals surface area contributed by atoms with Crippen LogP contribution in [0.1, 0.15) is 6.92 Å². The highest BCUT2D eigenvalue weighted by Crippen LogP contribution is 2.18. The van der Waals surface area contributed by atoms with E-state index in [2.05, 4.69) is 20.2 Å². The first-order chi connectivity index (χ1) is 10.2. The molecule has 1 aromatic rings. The Morgan fingerprint density at radius 2 is 2.00 bits per heavy atom. The van der Waals surface area contributed by atoms with E-state index in [-0.39, 0.29) is 5.91 Å². The first-order valence-corrected chi connectivity index (χ1v) is 7.35. The van der Waals surface area contributed by atoms with Crippen LogP contribution >= 0.6 is 0 Å². The molecule has 1 N–H and O–H groups in total. The standard InChI is InChI=1S/C14H21N5O2/c1-14(11-15-5-10-21-14)12(20)18-6-8-19(9-7-18)13-16-3-2-4-17-13/h2-4,15H,5-11H2,1H3/t14-/m1/s1. The van der Waals surface area contributed by atoms with E-state index in [1.54, 1.807) is 18.5 Å². The molecule has 0 saturated carbocycles. The van der Waals surface area contributed by atoms with E-state index < -0.39 is 5.60 Å². The van der Waals surface area contributed by atoms with E-state index in [1.165, 1.54) is 0 Å². The van der Waals surface area contributed by atoms with Crippen LogP contribution in [0.3, 0.4) is 0 Å². The number of nitrogens with zero attached hydrogens (tertiary/aromatic N) is 4. The van der Waals surface area contributed by atoms with Gasteiger partial charge in [-0.05, 0) is 13.0 Å². The summed E-state index contributed by atoms with van der Waals surface area (Å²) in [4.78, 5) is 25.1. The van der Waals surface area contributed by atoms with Gasteiger partial charge in [0.25, 0.3) is 5.91 Å². The summed E-state index contributed by atoms with van der Waals surface area (Å²) < 4.78 is 5.70. The van der Waals surface area contributed by atoms with Crippen LogP contribution in [0.4, 0.5) is 5.95 Å². The van der Waals surface area contributed by atoms with Crippen LogP contribution in [0.15, 0.2) is 18.5 Å². The van der Waals surface area contributed by atoms with Crippen molar-refractivity contribution in [1.82, 2.24) is 20.2 Å². The van der Waals surface area contributed by atoms with Crippen molar-refractivity contribution in [1.29, 1.82) is 0 Å². The number of anilines is 1. The molecule has 1 amide bonds. The molecule has 1 aromatic heterocycles. The molecule has 114 valence electrons. The Morgan fingerprint density at radius 3 is 2.62 bits per heavy atom. The van der Waals surface area contributed by atoms with Gasteiger partial charge in [0.15, 0.2) is 5.60 Å². The second-order valence-electron chi connectivity index (χ2n) is 5.58. The lowest BCUT2D eigenvalue weighted by Gasteiger charge is -2.41. The van der Waals surface area contributed by atoms with Crippen molar-refractivity contribution in [2.24, 2.45) is 0 Å². The number of nitrogens with one attached hydrogen (secondary N) is 1. The molecule has 2 aliphatic rings. The number of piperazine rings is 1. The fourth-order valence-electron chi connectivity index (χ4n) is 2.76. The summed E-state index contributed by atoms with van der Waals surface area (Å²) >= 11 is 0. The van der Waals surface area contributed by atoms with E-state index >= 15 is 0 Å². The van der Waals surface area contributed by atoms with Crippen molar-refractivity contribution in [3.63, 3.8) is 0 Å². The molecule has 7 heteroatoms. The molecule has 21 heavy (non-hydrogen) atoms. The Hall–Kier alpha value is -1.73. The van der Waals surface area contributed by atoms with Gasteiger partial charge in [0, 0.05) is 51.7 Å². The summed E-state index contributed by atoms with van der Waals surface area (Å²) in [5.41, 5.74) is -0.732. The number of morpholine rings is 1. The van der Waals surface area contributed by atoms with Crippen LogP contribution in [-0.2, 0) is 9.53 Å². The number of hydrogen-bond acceptors (Lipinski definition) is 6. The number of carbonyl (C=O) groups is 1. The van der Waals surface area contributed by atoms with E-state index in [0.29, 0.717) is 26.2 Å². The number of ether oxygens (including phenoxy) is 1. The minimum absolute atomic E-state index is 0.0725. The molecule has 2 fully saturated rings. The molecule has 3 rings (SSSR count). The van der Waals surface area contributed by atoms with Gasteiger partial charge >= 0.3 is 0 Å². The molecular weight excluding hydrogens is 270 g/mol. The monoisotopic (exact) mass is 291 g/mol. The number of amides is 1. The minimum atomic E-state index is -0.732. The minimum Gasteiger partial charge on any atom is -0.363 e. The third kappa shape index (κ3) is 2.98. The quantitative estimate of drug-likeness (QED) is 0.792. The summed E-state index contributed by atoms with van der Waals surface area (Å²) in [6, 6.07) is 1.80. The number of carbonyl (C=O) groups excluding carboxylic acids is 1. The largest absolute Gasteiger partial charge is 0.363 e. The normalized spacial score (nSPS) is 26.7. The Morgan fingerprint density at radius 1 is 1.29 bits per heavy atom. The molecule has 2 aliphatic heterocycles. The predicted octanol–water partition coefficient (Wildman–Crippen LogP) is -0.496. The molecule has 1 atom stereocenters. The SMILES string of the molecule is C[C@]1(C(=O)N2CCN(c3ncccn3)CC2)CNCCO1. The zero-order chi connectivity index (χ0) is 14.7. The summed E-state index contributed by atoms with van der Waals surface area (Å²) in [6.07, 6.45) is 3.48. The van der Waals surface area contributed by atoms with Gasteiger partial charge in [-0.3, -0.25) is 4.79 Å². The lowest BCUT2D eigenvalue weighted by molar-refractivity contribution is -0.159. The first-order valence-electron chi connectivity index (χ1n) is 7.35. The predicted molar refractivity (Wildman–Crippen MR) is 78.1 cm³/mol. The van der Waals surface area contributed by atoms with Crippen LogP contribution in [0.5, 0.6) is 0 Å². The van der Waals surface area contributed by atoms with Gasteiger partial charge in [-0.25, -0.2) is 9.97 Å². The average Bonchev–Trinajstić information content (AvgIpc) is 2.56. The summed E-state index contributed by atoms with van der Waals surface area (Å²) in [5.74, 6) is 0.801. The molecule has 0 aromatic carbocycles. The molecule has 2 saturated heterocycles. The van der Waals surface area contributed by atoms with Crippen molar-refractivity contribution in [2.45, 2.75) is 12.5 Å². The second-order valence-corrected chi connectivity index (χ2v) is 5.58. The maximum Gasteiger partial charge on any atom is 0.255 e. The average molecular weight is 291 g/mol. The molecule has 7 nitrogen and oxygen atoms in total. The zero-order valence-corrected chi connectivity index (χ0v) is 12.3. The number of rotatable bonds is 2. The lowest BCUT2D eigenvalue weighted by Crippen LogP contribution is -2.61. The Labute approximate surface area is 124 Å².